The van der Waals surface area contributed by atoms with E-state index in [0.717, 1.165) is 21.6 Å². The minimum atomic E-state index is -0.432. The third kappa shape index (κ3) is 5.22. The number of esters is 1. The van der Waals surface area contributed by atoms with Crippen molar-refractivity contribution in [3.8, 4) is 0 Å². The molecular weight excluding hydrogens is 161 g/mol. The van der Waals surface area contributed by atoms with Gasteiger partial charge in [-0.2, -0.15) is 0 Å². The van der Waals surface area contributed by atoms with Crippen LogP contribution in [-0.4, -0.2) is 48.6 Å². The lowest BCUT2D eigenvalue weighted by molar-refractivity contribution is -0.145. The molecule has 0 aliphatic carbocycles. The second-order valence-corrected chi connectivity index (χ2v) is 2.99. The Kier molecular flexibility index (Phi) is 6.57. The van der Waals surface area contributed by atoms with Gasteiger partial charge in [-0.1, -0.05) is 5.28 Å². The van der Waals surface area contributed by atoms with E-state index in [2.05, 4.69) is 0 Å². The first-order chi connectivity index (χ1) is 5.22. The molecule has 0 saturated heterocycles. The van der Waals surface area contributed by atoms with Gasteiger partial charge in [-0.3, -0.25) is 4.79 Å². The molecule has 0 rings (SSSR count). The van der Waals surface area contributed by atoms with Crippen molar-refractivity contribution < 1.29 is 14.3 Å². The second-order valence-electron chi connectivity index (χ2n) is 2.18. The van der Waals surface area contributed by atoms with Crippen molar-refractivity contribution in [2.24, 2.45) is 5.73 Å². The van der Waals surface area contributed by atoms with E-state index < -0.39 is 6.04 Å². The number of carbonyl (C=O) groups excluding carboxylic acids is 1. The summed E-state index contributed by atoms with van der Waals surface area (Å²) < 4.78 is 9.46. The van der Waals surface area contributed by atoms with Crippen molar-refractivity contribution in [2.75, 3.05) is 20.3 Å². The molecule has 1 atom stereocenters. The van der Waals surface area contributed by atoms with Gasteiger partial charge in [-0.25, -0.2) is 0 Å². The average Bonchev–Trinajstić information content (AvgIpc) is 2.03. The number of methoxy groups -OCH3 is 1. The number of ether oxygens (including phenoxy) is 2. The zero-order valence-corrected chi connectivity index (χ0v) is 9.00. The van der Waals surface area contributed by atoms with Gasteiger partial charge in [-0.05, 0) is 0 Å². The van der Waals surface area contributed by atoms with Crippen LogP contribution in [0.5, 0.6) is 0 Å². The number of hydrogen-bond acceptors (Lipinski definition) is 4. The Morgan fingerprint density at radius 1 is 1.64 bits per heavy atom. The van der Waals surface area contributed by atoms with E-state index in [9.17, 15) is 4.79 Å². The van der Waals surface area contributed by atoms with Crippen LogP contribution in [0.1, 0.15) is 0 Å². The Morgan fingerprint density at radius 3 is 2.73 bits per heavy atom. The molecule has 0 aliphatic rings. The van der Waals surface area contributed by atoms with Gasteiger partial charge in [0.05, 0.1) is 12.6 Å². The monoisotopic (exact) mass is 175 g/mol. The smallest absolute Gasteiger partial charge is 0.321 e. The van der Waals surface area contributed by atoms with Gasteiger partial charge >= 0.3 is 5.97 Å². The van der Waals surface area contributed by atoms with Gasteiger partial charge in [0.1, 0.15) is 6.61 Å². The van der Waals surface area contributed by atoms with E-state index in [1.807, 2.05) is 0 Å². The fraction of sp³-hybridized carbons (Fsp3) is 0.833. The fourth-order valence-electron chi connectivity index (χ4n) is 0.499. The maximum Gasteiger partial charge on any atom is 0.321 e. The van der Waals surface area contributed by atoms with E-state index in [0.29, 0.717) is 13.2 Å². The summed E-state index contributed by atoms with van der Waals surface area (Å²) in [7, 11) is 1.56. The van der Waals surface area contributed by atoms with Crippen LogP contribution in [0.4, 0.5) is 0 Å². The molecule has 0 saturated carbocycles. The van der Waals surface area contributed by atoms with Crippen LogP contribution < -0.4 is 5.73 Å². The van der Waals surface area contributed by atoms with E-state index in [1.54, 1.807) is 7.11 Å². The Labute approximate surface area is 74.5 Å². The van der Waals surface area contributed by atoms with Gasteiger partial charge in [-0.15, -0.1) is 0 Å². The standard InChI is InChI=1S/C6H12NO3.Al.2H/c1-5(7)6(8)10-4-3-9-2;;;/h5H,1,3-4,7H2,2H3;;;. The number of hydrogen-bond donors (Lipinski definition) is 1. The molecule has 0 bridgehead atoms. The Hall–Kier alpha value is -0.0775. The zero-order valence-electron chi connectivity index (χ0n) is 7.00. The van der Waals surface area contributed by atoms with Crippen molar-refractivity contribution in [1.82, 2.24) is 0 Å². The van der Waals surface area contributed by atoms with Gasteiger partial charge in [0.15, 0.2) is 0 Å². The SMILES string of the molecule is COCCOC(=O)C(N)[CH2][AlH2]. The lowest BCUT2D eigenvalue weighted by atomic mass is 10.4. The summed E-state index contributed by atoms with van der Waals surface area (Å²) in [5.74, 6) is -0.322. The first-order valence-corrected chi connectivity index (χ1v) is 5.05. The summed E-state index contributed by atoms with van der Waals surface area (Å²) in [5.41, 5.74) is 5.42. The fourth-order valence-corrected chi connectivity index (χ4v) is 0.833. The second kappa shape index (κ2) is 6.62. The van der Waals surface area contributed by atoms with Crippen LogP contribution in [0.3, 0.4) is 0 Å². The molecule has 0 heterocycles. The molecule has 0 aliphatic heterocycles. The number of rotatable bonds is 5. The maximum atomic E-state index is 10.9. The maximum absolute atomic E-state index is 10.9. The summed E-state index contributed by atoms with van der Waals surface area (Å²) in [4.78, 5) is 10.9. The van der Waals surface area contributed by atoms with Crippen molar-refractivity contribution in [1.29, 1.82) is 0 Å². The molecule has 0 aromatic heterocycles. The van der Waals surface area contributed by atoms with Crippen LogP contribution in [0.25, 0.3) is 0 Å². The molecule has 0 aromatic carbocycles. The number of nitrogens with two attached hydrogens (primary N) is 1. The van der Waals surface area contributed by atoms with Gasteiger partial charge in [0, 0.05) is 7.11 Å². The van der Waals surface area contributed by atoms with Crippen LogP contribution in [0.15, 0.2) is 0 Å². The summed E-state index contributed by atoms with van der Waals surface area (Å²) >= 11 is 0.923. The molecule has 0 spiro atoms. The highest BCUT2D eigenvalue weighted by molar-refractivity contribution is 6.10. The van der Waals surface area contributed by atoms with E-state index in [4.69, 9.17) is 15.2 Å². The van der Waals surface area contributed by atoms with E-state index >= 15 is 0 Å². The molecule has 2 N–H and O–H groups in total. The van der Waals surface area contributed by atoms with Gasteiger partial charge < -0.3 is 15.2 Å². The molecule has 64 valence electrons. The minimum Gasteiger partial charge on any atom is -0.462 e. The highest BCUT2D eigenvalue weighted by Crippen LogP contribution is 1.88. The lowest BCUT2D eigenvalue weighted by Gasteiger charge is -2.08. The molecule has 0 radical (unpaired) electrons. The summed E-state index contributed by atoms with van der Waals surface area (Å²) in [6.45, 7) is 0.726. The molecule has 1 unspecified atom stereocenters. The van der Waals surface area contributed by atoms with Gasteiger partial charge in [0.2, 0.25) is 16.3 Å². The number of carbonyl (C=O) groups is 1. The average molecular weight is 175 g/mol. The predicted octanol–water partition coefficient (Wildman–Crippen LogP) is -1.45. The predicted molar refractivity (Wildman–Crippen MR) is 44.2 cm³/mol. The summed E-state index contributed by atoms with van der Waals surface area (Å²) in [6, 6.07) is -0.432. The third-order valence-electron chi connectivity index (χ3n) is 1.27. The first kappa shape index (κ1) is 10.9. The lowest BCUT2D eigenvalue weighted by Crippen LogP contribution is -2.32. The van der Waals surface area contributed by atoms with Crippen molar-refractivity contribution in [3.05, 3.63) is 0 Å². The highest BCUT2D eigenvalue weighted by atomic mass is 27.0. The summed E-state index contributed by atoms with van der Waals surface area (Å²) in [5, 5.41) is 0.742. The largest absolute Gasteiger partial charge is 0.462 e. The molecule has 0 fully saturated rings. The Bertz CT molecular complexity index is 120. The van der Waals surface area contributed by atoms with Gasteiger partial charge in [0.25, 0.3) is 0 Å². The minimum absolute atomic E-state index is 0.296. The van der Waals surface area contributed by atoms with E-state index in [-0.39, 0.29) is 5.97 Å². The van der Waals surface area contributed by atoms with Crippen molar-refractivity contribution in [3.63, 3.8) is 0 Å². The van der Waals surface area contributed by atoms with Crippen LogP contribution in [0.2, 0.25) is 5.28 Å². The zero-order chi connectivity index (χ0) is 8.69. The summed E-state index contributed by atoms with van der Waals surface area (Å²) in [6.07, 6.45) is 0. The quantitative estimate of drug-likeness (QED) is 0.315. The highest BCUT2D eigenvalue weighted by Gasteiger charge is 2.10. The molecule has 0 amide bonds. The Balaban J connectivity index is 3.36. The van der Waals surface area contributed by atoms with Crippen LogP contribution >= 0.6 is 0 Å². The third-order valence-corrected chi connectivity index (χ3v) is 2.15. The van der Waals surface area contributed by atoms with Crippen LogP contribution in [-0.2, 0) is 14.3 Å². The molecule has 4 nitrogen and oxygen atoms in total. The van der Waals surface area contributed by atoms with E-state index in [1.165, 1.54) is 0 Å². The topological polar surface area (TPSA) is 61.5 Å². The van der Waals surface area contributed by atoms with Crippen molar-refractivity contribution in [2.45, 2.75) is 11.3 Å². The molecule has 11 heavy (non-hydrogen) atoms. The first-order valence-electron chi connectivity index (χ1n) is 3.63. The van der Waals surface area contributed by atoms with Crippen LogP contribution in [0, 0.1) is 0 Å². The normalized spacial score (nSPS) is 12.5. The van der Waals surface area contributed by atoms with Crippen molar-refractivity contribution >= 4 is 22.3 Å². The molecular formula is C6H14AlNO3. The molecule has 0 aromatic rings. The molecule has 5 heteroatoms. The Morgan fingerprint density at radius 2 is 2.27 bits per heavy atom.